The lowest BCUT2D eigenvalue weighted by Crippen LogP contribution is -2.68. The number of ether oxygens (including phenoxy) is 4. The van der Waals surface area contributed by atoms with Gasteiger partial charge in [-0.3, -0.25) is 19.4 Å². The van der Waals surface area contributed by atoms with Gasteiger partial charge in [-0.25, -0.2) is 0 Å². The Hall–Kier alpha value is -4.16. The third kappa shape index (κ3) is 4.64. The maximum Gasteiger partial charge on any atom is 0.319 e. The van der Waals surface area contributed by atoms with E-state index in [4.69, 9.17) is 18.9 Å². The molecule has 0 amide bonds. The molecule has 55 heavy (non-hydrogen) atoms. The molecule has 1 saturated carbocycles. The minimum absolute atomic E-state index is 0.0530. The second-order valence-corrected chi connectivity index (χ2v) is 17.2. The fourth-order valence-electron chi connectivity index (χ4n) is 12.9. The second-order valence-electron chi connectivity index (χ2n) is 17.2. The largest absolute Gasteiger partial charge is 0.496 e. The molecule has 0 spiro atoms. The molecular weight excluding hydrogens is 697 g/mol. The van der Waals surface area contributed by atoms with Crippen molar-refractivity contribution in [1.82, 2.24) is 19.8 Å². The molecule has 2 aromatic heterocycles. The van der Waals surface area contributed by atoms with Crippen molar-refractivity contribution >= 4 is 33.7 Å². The summed E-state index contributed by atoms with van der Waals surface area (Å²) in [7, 11) is 4.73. The number of hydrogen-bond acceptors (Lipinski definition) is 9. The summed E-state index contributed by atoms with van der Waals surface area (Å²) in [5.74, 6) is 0.107. The zero-order valence-electron chi connectivity index (χ0n) is 32.4. The molecule has 3 N–H and O–H groups in total. The Morgan fingerprint density at radius 2 is 1.84 bits per heavy atom. The number of piperidine rings is 3. The summed E-state index contributed by atoms with van der Waals surface area (Å²) in [5.41, 5.74) is 6.77. The van der Waals surface area contributed by atoms with Gasteiger partial charge >= 0.3 is 11.9 Å². The average Bonchev–Trinajstić information content (AvgIpc) is 3.73. The Kier molecular flexibility index (Phi) is 8.13. The molecule has 11 heteroatoms. The van der Waals surface area contributed by atoms with Crippen molar-refractivity contribution in [2.24, 2.45) is 23.2 Å². The minimum Gasteiger partial charge on any atom is -0.496 e. The predicted octanol–water partition coefficient (Wildman–Crippen LogP) is 5.19. The van der Waals surface area contributed by atoms with Crippen LogP contribution in [0.2, 0.25) is 0 Å². The number of carbonyl (C=O) groups excluding carboxylic acids is 2. The normalized spacial score (nSPS) is 36.0. The first kappa shape index (κ1) is 35.3. The van der Waals surface area contributed by atoms with E-state index in [2.05, 4.69) is 69.2 Å². The Labute approximate surface area is 321 Å². The molecule has 4 saturated heterocycles. The van der Waals surface area contributed by atoms with Gasteiger partial charge in [0.05, 0.1) is 46.3 Å². The fourth-order valence-corrected chi connectivity index (χ4v) is 12.9. The number of rotatable bonds is 5. The van der Waals surface area contributed by atoms with Gasteiger partial charge < -0.3 is 34.0 Å². The number of esters is 2. The molecular formula is C44H52N4O7. The average molecular weight is 749 g/mol. The summed E-state index contributed by atoms with van der Waals surface area (Å²) in [6.07, 6.45) is 5.26. The van der Waals surface area contributed by atoms with Crippen LogP contribution in [-0.2, 0) is 42.1 Å². The molecule has 11 nitrogen and oxygen atoms in total. The first-order valence-electron chi connectivity index (χ1n) is 20.1. The van der Waals surface area contributed by atoms with Crippen LogP contribution in [0.25, 0.3) is 21.8 Å². The highest BCUT2D eigenvalue weighted by molar-refractivity contribution is 5.95. The van der Waals surface area contributed by atoms with E-state index >= 15 is 0 Å². The highest BCUT2D eigenvalue weighted by Gasteiger charge is 2.65. The molecule has 5 aliphatic heterocycles. The van der Waals surface area contributed by atoms with Gasteiger partial charge in [0, 0.05) is 82.7 Å². The van der Waals surface area contributed by atoms with Crippen molar-refractivity contribution in [1.29, 1.82) is 0 Å². The Morgan fingerprint density at radius 3 is 2.60 bits per heavy atom. The van der Waals surface area contributed by atoms with Crippen LogP contribution in [0.4, 0.5) is 0 Å². The number of aromatic nitrogens is 2. The molecule has 2 aromatic carbocycles. The number of carbonyl (C=O) groups is 2. The number of fused-ring (bicyclic) bond motifs is 7. The van der Waals surface area contributed by atoms with Crippen LogP contribution in [0.3, 0.4) is 0 Å². The van der Waals surface area contributed by atoms with Gasteiger partial charge in [-0.05, 0) is 81.2 Å². The minimum atomic E-state index is -0.952. The van der Waals surface area contributed by atoms with Crippen molar-refractivity contribution in [2.75, 3.05) is 54.3 Å². The number of H-pyrrole nitrogens is 2. The van der Waals surface area contributed by atoms with Gasteiger partial charge in [-0.1, -0.05) is 29.8 Å². The molecule has 8 bridgehead atoms. The van der Waals surface area contributed by atoms with E-state index < -0.39 is 16.9 Å². The van der Waals surface area contributed by atoms with E-state index in [1.165, 1.54) is 25.4 Å². The number of hydrogen-bond donors (Lipinski definition) is 3. The van der Waals surface area contributed by atoms with Gasteiger partial charge in [0.2, 0.25) is 0 Å². The number of nitrogens with zero attached hydrogens (tertiary/aromatic N) is 2. The maximum atomic E-state index is 14.5. The van der Waals surface area contributed by atoms with Crippen molar-refractivity contribution < 1.29 is 33.6 Å². The maximum absolute atomic E-state index is 14.5. The molecule has 2 aliphatic carbocycles. The van der Waals surface area contributed by atoms with Crippen molar-refractivity contribution in [3.63, 3.8) is 0 Å². The van der Waals surface area contributed by atoms with Gasteiger partial charge in [0.15, 0.2) is 0 Å². The number of aliphatic hydroxyl groups is 1. The van der Waals surface area contributed by atoms with Crippen LogP contribution < -0.4 is 4.74 Å². The molecule has 11 atom stereocenters. The molecule has 290 valence electrons. The lowest BCUT2D eigenvalue weighted by molar-refractivity contribution is -0.199. The number of aliphatic hydroxyl groups excluding tert-OH is 1. The first-order chi connectivity index (χ1) is 26.7. The van der Waals surface area contributed by atoms with E-state index in [-0.39, 0.29) is 54.3 Å². The Bertz CT molecular complexity index is 2260. The number of nitrogens with one attached hydrogen (secondary N) is 2. The highest BCUT2D eigenvalue weighted by atomic mass is 16.5. The van der Waals surface area contributed by atoms with Gasteiger partial charge in [-0.15, -0.1) is 0 Å². The molecule has 7 aliphatic rings. The third-order valence-electron chi connectivity index (χ3n) is 15.0. The van der Waals surface area contributed by atoms with E-state index in [0.717, 1.165) is 82.5 Å². The molecule has 5 fully saturated rings. The predicted molar refractivity (Wildman–Crippen MR) is 207 cm³/mol. The standard InChI is InChI=1S/C44H52N4O7/c1-6-25-20-48-22-55-21-44(42(51)54-5)32(25)16-31(37-30(17-35(44)48)26-9-7-8-10-33(26)45-37)36-34(52-3)12-11-27-28-13-14-47-19-24-15-29(23(2)49)40(47)43(18-24,41(50)53-4)39(28)46-38(27)36/h6-12,23-24,29,31-32,35,40,45-46,49H,13-22H2,1-5H3. The van der Waals surface area contributed by atoms with Crippen LogP contribution in [0.1, 0.15) is 67.1 Å². The fraction of sp³-hybridized carbons (Fsp3) is 0.545. The SMILES string of the molecule is CC=C1CN2COCC3(C(=O)OC)C1CC(c1c(OC)ccc4c5c([nH]c14)C1(C(=O)OC)CC4CC(C(C)O)C1N(CC5)C4)c1[nH]c4ccccc4c1CC23. The number of allylic oxidation sites excluding steroid dienone is 1. The van der Waals surface area contributed by atoms with E-state index in [1.54, 1.807) is 7.11 Å². The summed E-state index contributed by atoms with van der Waals surface area (Å²) in [5, 5.41) is 13.4. The lowest BCUT2D eigenvalue weighted by Gasteiger charge is -2.58. The Morgan fingerprint density at radius 1 is 1.02 bits per heavy atom. The number of methoxy groups -OCH3 is 3. The summed E-state index contributed by atoms with van der Waals surface area (Å²) in [4.78, 5) is 41.6. The summed E-state index contributed by atoms with van der Waals surface area (Å²) >= 11 is 0. The van der Waals surface area contributed by atoms with Crippen LogP contribution in [0.5, 0.6) is 5.75 Å². The second kappa shape index (κ2) is 12.7. The van der Waals surface area contributed by atoms with Gasteiger partial charge in [0.1, 0.15) is 16.6 Å². The third-order valence-corrected chi connectivity index (χ3v) is 15.0. The monoisotopic (exact) mass is 748 g/mol. The number of aromatic amines is 2. The first-order valence-corrected chi connectivity index (χ1v) is 20.1. The topological polar surface area (TPSA) is 129 Å². The number of para-hydroxylation sites is 1. The van der Waals surface area contributed by atoms with Crippen LogP contribution in [0.15, 0.2) is 48.0 Å². The van der Waals surface area contributed by atoms with Gasteiger partial charge in [-0.2, -0.15) is 0 Å². The lowest BCUT2D eigenvalue weighted by atomic mass is 9.56. The summed E-state index contributed by atoms with van der Waals surface area (Å²) in [6, 6.07) is 12.4. The quantitative estimate of drug-likeness (QED) is 0.187. The zero-order chi connectivity index (χ0) is 38.0. The molecule has 0 radical (unpaired) electrons. The molecule has 7 heterocycles. The van der Waals surface area contributed by atoms with Crippen LogP contribution in [0, 0.1) is 23.2 Å². The van der Waals surface area contributed by atoms with Crippen molar-refractivity contribution in [3.05, 3.63) is 76.1 Å². The number of benzene rings is 2. The highest BCUT2D eigenvalue weighted by Crippen LogP contribution is 2.59. The smallest absolute Gasteiger partial charge is 0.319 e. The Balaban J connectivity index is 1.25. The van der Waals surface area contributed by atoms with Crippen molar-refractivity contribution in [2.45, 2.75) is 75.5 Å². The van der Waals surface area contributed by atoms with E-state index in [9.17, 15) is 14.7 Å². The van der Waals surface area contributed by atoms with Crippen molar-refractivity contribution in [3.8, 4) is 5.75 Å². The van der Waals surface area contributed by atoms with Crippen LogP contribution >= 0.6 is 0 Å². The molecule has 4 aromatic rings. The van der Waals surface area contributed by atoms with E-state index in [1.807, 2.05) is 6.92 Å². The molecule has 11 unspecified atom stereocenters. The zero-order valence-corrected chi connectivity index (χ0v) is 32.4. The summed E-state index contributed by atoms with van der Waals surface area (Å²) in [6.45, 7) is 7.15. The van der Waals surface area contributed by atoms with Crippen LogP contribution in [-0.4, -0.2) is 109 Å². The molecule has 11 rings (SSSR count). The summed E-state index contributed by atoms with van der Waals surface area (Å²) < 4.78 is 24.1. The van der Waals surface area contributed by atoms with Gasteiger partial charge in [0.25, 0.3) is 0 Å². The van der Waals surface area contributed by atoms with E-state index in [0.29, 0.717) is 26.0 Å².